The fourth-order valence-corrected chi connectivity index (χ4v) is 8.58. The Kier molecular flexibility index (Phi) is 6.91. The standard InChI is InChI=1S/C51H37N/c1-51(2)49-24-10-9-23-46(49)47-28-27-42(33-50(47)51)52(40-18-11-16-36(30-40)37-26-25-34-13-3-4-14-35(34)29-37)41-19-12-17-38(31-41)48-32-39-15-5-6-20-43(39)44-21-7-8-22-45(44)48/h3-33H,1-2H3. The number of fused-ring (bicyclic) bond motifs is 7. The zero-order valence-electron chi connectivity index (χ0n) is 29.3. The molecule has 0 fully saturated rings. The van der Waals surface area contributed by atoms with E-state index >= 15 is 0 Å². The summed E-state index contributed by atoms with van der Waals surface area (Å²) in [4.78, 5) is 2.44. The zero-order chi connectivity index (χ0) is 34.8. The molecule has 1 aliphatic carbocycles. The molecule has 10 rings (SSSR count). The summed E-state index contributed by atoms with van der Waals surface area (Å²) in [6.07, 6.45) is 0. The molecule has 0 bridgehead atoms. The largest absolute Gasteiger partial charge is 0.310 e. The smallest absolute Gasteiger partial charge is 0.0467 e. The Labute approximate surface area is 305 Å². The maximum atomic E-state index is 2.44. The van der Waals surface area contributed by atoms with Crippen LogP contribution in [0.15, 0.2) is 188 Å². The molecule has 0 spiro atoms. The Hall–Kier alpha value is -6.44. The monoisotopic (exact) mass is 663 g/mol. The number of hydrogen-bond donors (Lipinski definition) is 0. The third-order valence-electron chi connectivity index (χ3n) is 11.2. The van der Waals surface area contributed by atoms with Gasteiger partial charge in [-0.15, -0.1) is 0 Å². The summed E-state index contributed by atoms with van der Waals surface area (Å²) in [6, 6.07) is 69.3. The Morgan fingerprint density at radius 1 is 0.327 bits per heavy atom. The van der Waals surface area contributed by atoms with Crippen LogP contribution in [-0.4, -0.2) is 0 Å². The van der Waals surface area contributed by atoms with E-state index in [9.17, 15) is 0 Å². The first-order chi connectivity index (χ1) is 25.5. The highest BCUT2D eigenvalue weighted by molar-refractivity contribution is 6.14. The third kappa shape index (κ3) is 4.85. The first kappa shape index (κ1) is 30.4. The first-order valence-corrected chi connectivity index (χ1v) is 18.2. The van der Waals surface area contributed by atoms with Gasteiger partial charge in [0.2, 0.25) is 0 Å². The van der Waals surface area contributed by atoms with E-state index in [-0.39, 0.29) is 5.41 Å². The van der Waals surface area contributed by atoms with E-state index in [4.69, 9.17) is 0 Å². The van der Waals surface area contributed by atoms with Crippen molar-refractivity contribution in [2.24, 2.45) is 0 Å². The zero-order valence-corrected chi connectivity index (χ0v) is 29.3. The molecule has 0 unspecified atom stereocenters. The van der Waals surface area contributed by atoms with Crippen LogP contribution in [0.2, 0.25) is 0 Å². The van der Waals surface area contributed by atoms with E-state index in [1.165, 1.54) is 76.8 Å². The van der Waals surface area contributed by atoms with E-state index < -0.39 is 0 Å². The third-order valence-corrected chi connectivity index (χ3v) is 11.2. The van der Waals surface area contributed by atoms with Crippen molar-refractivity contribution in [2.45, 2.75) is 19.3 Å². The molecular formula is C51H37N. The van der Waals surface area contributed by atoms with Crippen molar-refractivity contribution >= 4 is 49.4 Å². The van der Waals surface area contributed by atoms with Gasteiger partial charge in [0.25, 0.3) is 0 Å². The molecule has 0 aliphatic heterocycles. The molecule has 0 saturated heterocycles. The van der Waals surface area contributed by atoms with Crippen LogP contribution in [0, 0.1) is 0 Å². The molecule has 1 nitrogen and oxygen atoms in total. The van der Waals surface area contributed by atoms with E-state index in [1.807, 2.05) is 0 Å². The van der Waals surface area contributed by atoms with Gasteiger partial charge < -0.3 is 4.90 Å². The molecule has 52 heavy (non-hydrogen) atoms. The molecule has 246 valence electrons. The van der Waals surface area contributed by atoms with Crippen molar-refractivity contribution in [2.75, 3.05) is 4.90 Å². The first-order valence-electron chi connectivity index (χ1n) is 18.2. The Morgan fingerprint density at radius 2 is 0.923 bits per heavy atom. The summed E-state index contributed by atoms with van der Waals surface area (Å²) in [5.74, 6) is 0. The lowest BCUT2D eigenvalue weighted by atomic mass is 9.82. The fraction of sp³-hybridized carbons (Fsp3) is 0.0588. The molecule has 0 N–H and O–H groups in total. The van der Waals surface area contributed by atoms with Crippen LogP contribution in [0.4, 0.5) is 17.1 Å². The number of benzene rings is 9. The van der Waals surface area contributed by atoms with Gasteiger partial charge in [0.05, 0.1) is 0 Å². The van der Waals surface area contributed by atoms with Crippen LogP contribution < -0.4 is 4.90 Å². The Balaban J connectivity index is 1.17. The molecule has 0 aromatic heterocycles. The van der Waals surface area contributed by atoms with Crippen molar-refractivity contribution in [3.63, 3.8) is 0 Å². The predicted molar refractivity (Wildman–Crippen MR) is 222 cm³/mol. The average Bonchev–Trinajstić information content (AvgIpc) is 3.43. The van der Waals surface area contributed by atoms with Gasteiger partial charge in [0, 0.05) is 22.5 Å². The SMILES string of the molecule is CC1(C)c2ccccc2-c2ccc(N(c3cccc(-c4ccc5ccccc5c4)c3)c3cccc(-c4cc5ccccc5c5ccccc45)c3)cc21. The van der Waals surface area contributed by atoms with Gasteiger partial charge in [-0.2, -0.15) is 0 Å². The van der Waals surface area contributed by atoms with Crippen molar-refractivity contribution in [1.82, 2.24) is 0 Å². The Morgan fingerprint density at radius 3 is 1.75 bits per heavy atom. The highest BCUT2D eigenvalue weighted by atomic mass is 15.1. The molecule has 1 heteroatoms. The van der Waals surface area contributed by atoms with Crippen LogP contribution in [0.3, 0.4) is 0 Å². The van der Waals surface area contributed by atoms with Crippen molar-refractivity contribution in [1.29, 1.82) is 0 Å². The summed E-state index contributed by atoms with van der Waals surface area (Å²) in [6.45, 7) is 4.72. The van der Waals surface area contributed by atoms with Crippen LogP contribution in [0.1, 0.15) is 25.0 Å². The van der Waals surface area contributed by atoms with Crippen molar-refractivity contribution < 1.29 is 0 Å². The van der Waals surface area contributed by atoms with Gasteiger partial charge in [-0.25, -0.2) is 0 Å². The summed E-state index contributed by atoms with van der Waals surface area (Å²) in [7, 11) is 0. The average molecular weight is 664 g/mol. The molecule has 0 atom stereocenters. The minimum atomic E-state index is -0.105. The molecular weight excluding hydrogens is 627 g/mol. The van der Waals surface area contributed by atoms with Crippen molar-refractivity contribution in [3.8, 4) is 33.4 Å². The predicted octanol–water partition coefficient (Wildman–Crippen LogP) is 14.3. The topological polar surface area (TPSA) is 3.24 Å². The number of rotatable bonds is 5. The minimum absolute atomic E-state index is 0.105. The summed E-state index contributed by atoms with van der Waals surface area (Å²) in [5, 5.41) is 7.58. The highest BCUT2D eigenvalue weighted by Gasteiger charge is 2.35. The summed E-state index contributed by atoms with van der Waals surface area (Å²) in [5.41, 5.74) is 13.5. The van der Waals surface area contributed by atoms with Gasteiger partial charge in [-0.3, -0.25) is 0 Å². The van der Waals surface area contributed by atoms with Crippen LogP contribution in [0.5, 0.6) is 0 Å². The molecule has 9 aromatic rings. The fourth-order valence-electron chi connectivity index (χ4n) is 8.58. The van der Waals surface area contributed by atoms with Gasteiger partial charge >= 0.3 is 0 Å². The normalized spacial score (nSPS) is 13.0. The molecule has 0 heterocycles. The molecule has 0 radical (unpaired) electrons. The van der Waals surface area contributed by atoms with Gasteiger partial charge in [-0.1, -0.05) is 153 Å². The van der Waals surface area contributed by atoms with E-state index in [2.05, 4.69) is 207 Å². The van der Waals surface area contributed by atoms with Gasteiger partial charge in [-0.05, 0) is 125 Å². The van der Waals surface area contributed by atoms with Gasteiger partial charge in [0.1, 0.15) is 0 Å². The second-order valence-corrected chi connectivity index (χ2v) is 14.6. The number of hydrogen-bond acceptors (Lipinski definition) is 1. The number of nitrogens with zero attached hydrogens (tertiary/aromatic N) is 1. The lowest BCUT2D eigenvalue weighted by Gasteiger charge is -2.29. The molecule has 0 saturated carbocycles. The van der Waals surface area contributed by atoms with Gasteiger partial charge in [0.15, 0.2) is 0 Å². The number of anilines is 3. The molecule has 0 amide bonds. The second kappa shape index (κ2) is 11.8. The molecule has 1 aliphatic rings. The van der Waals surface area contributed by atoms with Crippen LogP contribution in [-0.2, 0) is 5.41 Å². The Bertz CT molecular complexity index is 2840. The summed E-state index contributed by atoms with van der Waals surface area (Å²) >= 11 is 0. The summed E-state index contributed by atoms with van der Waals surface area (Å²) < 4.78 is 0. The second-order valence-electron chi connectivity index (χ2n) is 14.6. The highest BCUT2D eigenvalue weighted by Crippen LogP contribution is 2.51. The van der Waals surface area contributed by atoms with Crippen LogP contribution in [0.25, 0.3) is 65.7 Å². The van der Waals surface area contributed by atoms with Crippen LogP contribution >= 0.6 is 0 Å². The quantitative estimate of drug-likeness (QED) is 0.166. The lowest BCUT2D eigenvalue weighted by Crippen LogP contribution is -2.16. The minimum Gasteiger partial charge on any atom is -0.310 e. The van der Waals surface area contributed by atoms with Crippen molar-refractivity contribution in [3.05, 3.63) is 199 Å². The maximum absolute atomic E-state index is 2.44. The maximum Gasteiger partial charge on any atom is 0.0467 e. The van der Waals surface area contributed by atoms with E-state index in [0.29, 0.717) is 0 Å². The lowest BCUT2D eigenvalue weighted by molar-refractivity contribution is 0.660. The molecule has 9 aromatic carbocycles. The van der Waals surface area contributed by atoms with E-state index in [1.54, 1.807) is 0 Å². The van der Waals surface area contributed by atoms with E-state index in [0.717, 1.165) is 17.1 Å².